The normalized spacial score (nSPS) is 20.6. The highest BCUT2D eigenvalue weighted by molar-refractivity contribution is 5.40. The van der Waals surface area contributed by atoms with Crippen molar-refractivity contribution in [3.63, 3.8) is 0 Å². The van der Waals surface area contributed by atoms with Gasteiger partial charge in [0.1, 0.15) is 6.04 Å². The summed E-state index contributed by atoms with van der Waals surface area (Å²) in [6, 6.07) is 7.30. The molecule has 2 rings (SSSR count). The van der Waals surface area contributed by atoms with Crippen LogP contribution in [0.15, 0.2) is 41.6 Å². The second-order valence-corrected chi connectivity index (χ2v) is 11.3. The van der Waals surface area contributed by atoms with E-state index in [9.17, 15) is 0 Å². The van der Waals surface area contributed by atoms with Crippen LogP contribution in [0.1, 0.15) is 77.1 Å². The van der Waals surface area contributed by atoms with E-state index in [1.54, 1.807) is 11.1 Å². The number of allylic oxidation sites excluding steroid dienone is 2. The molecule has 1 aliphatic rings. The molecule has 0 bridgehead atoms. The van der Waals surface area contributed by atoms with Gasteiger partial charge in [-0.05, 0) is 54.7 Å². The van der Waals surface area contributed by atoms with Crippen molar-refractivity contribution < 1.29 is 4.48 Å². The summed E-state index contributed by atoms with van der Waals surface area (Å²) in [6.45, 7) is 18.5. The predicted octanol–water partition coefficient (Wildman–Crippen LogP) is 7.12. The van der Waals surface area contributed by atoms with E-state index < -0.39 is 0 Å². The van der Waals surface area contributed by atoms with Crippen LogP contribution in [0.5, 0.6) is 0 Å². The number of benzene rings is 1. The molecule has 1 heterocycles. The Morgan fingerprint density at radius 1 is 0.846 bits per heavy atom. The van der Waals surface area contributed by atoms with Crippen molar-refractivity contribution in [1.29, 1.82) is 0 Å². The number of nitrogens with zero attached hydrogens (tertiary/aromatic N) is 1. The molecule has 1 aliphatic heterocycles. The maximum Gasteiger partial charge on any atom is 0.138 e. The standard InChI is InChI=1S/C25H40N/c1-18-11-12-22(19(2)13-18)23-14-20(15-24(3,4)5)21(16-25(6,7)8)17-26(23,9)10/h11-14,17,23H,15-16H2,1-10H3/q+1. The third-order valence-corrected chi connectivity index (χ3v) is 5.16. The highest BCUT2D eigenvalue weighted by Gasteiger charge is 2.35. The zero-order chi connectivity index (χ0) is 19.9. The van der Waals surface area contributed by atoms with Gasteiger partial charge in [0.15, 0.2) is 0 Å². The first kappa shape index (κ1) is 21.0. The van der Waals surface area contributed by atoms with Crippen molar-refractivity contribution in [2.75, 3.05) is 14.1 Å². The third-order valence-electron chi connectivity index (χ3n) is 5.16. The highest BCUT2D eigenvalue weighted by atomic mass is 15.3. The van der Waals surface area contributed by atoms with Crippen molar-refractivity contribution in [1.82, 2.24) is 0 Å². The monoisotopic (exact) mass is 354 g/mol. The molecule has 0 saturated heterocycles. The van der Waals surface area contributed by atoms with Crippen LogP contribution in [-0.4, -0.2) is 18.6 Å². The van der Waals surface area contributed by atoms with Crippen molar-refractivity contribution in [3.8, 4) is 0 Å². The fourth-order valence-corrected chi connectivity index (χ4v) is 4.13. The molecule has 0 spiro atoms. The van der Waals surface area contributed by atoms with Crippen LogP contribution < -0.4 is 0 Å². The minimum atomic E-state index is 0.296. The van der Waals surface area contributed by atoms with Crippen molar-refractivity contribution in [2.24, 2.45) is 10.8 Å². The summed E-state index contributed by atoms with van der Waals surface area (Å²) >= 11 is 0. The molecule has 1 unspecified atom stereocenters. The molecule has 1 aromatic rings. The Balaban J connectivity index is 2.53. The number of hydrogen-bond donors (Lipinski definition) is 0. The molecule has 0 fully saturated rings. The first-order valence-corrected chi connectivity index (χ1v) is 10.0. The van der Waals surface area contributed by atoms with Gasteiger partial charge in [-0.25, -0.2) is 0 Å². The van der Waals surface area contributed by atoms with E-state index >= 15 is 0 Å². The molecule has 1 nitrogen and oxygen atoms in total. The largest absolute Gasteiger partial charge is 0.292 e. The molecule has 0 saturated carbocycles. The van der Waals surface area contributed by atoms with Crippen molar-refractivity contribution >= 4 is 0 Å². The summed E-state index contributed by atoms with van der Waals surface area (Å²) in [5, 5.41) is 0. The molecule has 0 radical (unpaired) electrons. The third kappa shape index (κ3) is 5.33. The zero-order valence-corrected chi connectivity index (χ0v) is 18.8. The van der Waals surface area contributed by atoms with Crippen LogP contribution in [0.25, 0.3) is 0 Å². The molecule has 26 heavy (non-hydrogen) atoms. The lowest BCUT2D eigenvalue weighted by atomic mass is 9.77. The van der Waals surface area contributed by atoms with E-state index in [1.807, 2.05) is 0 Å². The van der Waals surface area contributed by atoms with E-state index in [2.05, 4.69) is 100.0 Å². The molecule has 1 heteroatoms. The topological polar surface area (TPSA) is 0 Å². The van der Waals surface area contributed by atoms with Crippen LogP contribution >= 0.6 is 0 Å². The van der Waals surface area contributed by atoms with Gasteiger partial charge < -0.3 is 0 Å². The van der Waals surface area contributed by atoms with Gasteiger partial charge in [-0.3, -0.25) is 4.48 Å². The van der Waals surface area contributed by atoms with Crippen LogP contribution in [0, 0.1) is 24.7 Å². The van der Waals surface area contributed by atoms with Gasteiger partial charge in [-0.2, -0.15) is 0 Å². The summed E-state index contributed by atoms with van der Waals surface area (Å²) in [4.78, 5) is 0. The Morgan fingerprint density at radius 2 is 1.38 bits per heavy atom. The highest BCUT2D eigenvalue weighted by Crippen LogP contribution is 2.43. The van der Waals surface area contributed by atoms with Gasteiger partial charge in [0, 0.05) is 11.1 Å². The van der Waals surface area contributed by atoms with Crippen LogP contribution in [0.2, 0.25) is 0 Å². The number of rotatable bonds is 3. The molecule has 144 valence electrons. The minimum Gasteiger partial charge on any atom is -0.292 e. The predicted molar refractivity (Wildman–Crippen MR) is 115 cm³/mol. The molecule has 1 atom stereocenters. The molecule has 0 aromatic heterocycles. The van der Waals surface area contributed by atoms with E-state index in [1.165, 1.54) is 16.7 Å². The average Bonchev–Trinajstić information content (AvgIpc) is 2.39. The smallest absolute Gasteiger partial charge is 0.138 e. The second-order valence-electron chi connectivity index (χ2n) is 11.3. The van der Waals surface area contributed by atoms with Crippen LogP contribution in [0.4, 0.5) is 0 Å². The molecular weight excluding hydrogens is 314 g/mol. The number of aryl methyl sites for hydroxylation is 2. The quantitative estimate of drug-likeness (QED) is 0.507. The molecule has 0 amide bonds. The van der Waals surface area contributed by atoms with Crippen molar-refractivity contribution in [3.05, 3.63) is 58.3 Å². The number of likely N-dealkylation sites (N-methyl/N-ethyl adjacent to an activating group) is 1. The summed E-state index contributed by atoms with van der Waals surface area (Å²) in [6.07, 6.45) is 7.37. The maximum absolute atomic E-state index is 2.57. The van der Waals surface area contributed by atoms with Gasteiger partial charge in [0.05, 0.1) is 20.3 Å². The fourth-order valence-electron chi connectivity index (χ4n) is 4.13. The fraction of sp³-hybridized carbons (Fsp3) is 0.600. The van der Waals surface area contributed by atoms with E-state index in [4.69, 9.17) is 0 Å². The number of hydrogen-bond acceptors (Lipinski definition) is 0. The van der Waals surface area contributed by atoms with Gasteiger partial charge in [-0.1, -0.05) is 65.3 Å². The van der Waals surface area contributed by atoms with Gasteiger partial charge in [0.25, 0.3) is 0 Å². The first-order chi connectivity index (χ1) is 11.7. The van der Waals surface area contributed by atoms with Crippen LogP contribution in [-0.2, 0) is 0 Å². The number of quaternary nitrogens is 1. The Bertz CT molecular complexity index is 718. The summed E-state index contributed by atoms with van der Waals surface area (Å²) < 4.78 is 0.892. The lowest BCUT2D eigenvalue weighted by Crippen LogP contribution is -2.40. The van der Waals surface area contributed by atoms with E-state index in [-0.39, 0.29) is 0 Å². The lowest BCUT2D eigenvalue weighted by Gasteiger charge is -2.40. The molecule has 1 aromatic carbocycles. The van der Waals surface area contributed by atoms with Gasteiger partial charge in [-0.15, -0.1) is 0 Å². The summed E-state index contributed by atoms with van der Waals surface area (Å²) in [7, 11) is 4.69. The minimum absolute atomic E-state index is 0.296. The molecular formula is C25H40N+. The Hall–Kier alpha value is -1.34. The summed E-state index contributed by atoms with van der Waals surface area (Å²) in [5.41, 5.74) is 7.89. The first-order valence-electron chi connectivity index (χ1n) is 10.0. The molecule has 0 aliphatic carbocycles. The average molecular weight is 355 g/mol. The molecule has 0 N–H and O–H groups in total. The Labute approximate surface area is 162 Å². The van der Waals surface area contributed by atoms with Gasteiger partial charge >= 0.3 is 0 Å². The SMILES string of the molecule is Cc1ccc(C2C=C(CC(C)(C)C)C(CC(C)(C)C)=C[N+]2(C)C)c(C)c1. The maximum atomic E-state index is 2.57. The Morgan fingerprint density at radius 3 is 1.88 bits per heavy atom. The zero-order valence-electron chi connectivity index (χ0n) is 18.8. The van der Waals surface area contributed by atoms with Crippen LogP contribution in [0.3, 0.4) is 0 Å². The Kier molecular flexibility index (Phi) is 5.64. The second kappa shape index (κ2) is 7.00. The van der Waals surface area contributed by atoms with Gasteiger partial charge in [0.2, 0.25) is 0 Å². The lowest BCUT2D eigenvalue weighted by molar-refractivity contribution is -0.865. The summed E-state index contributed by atoms with van der Waals surface area (Å²) in [5.74, 6) is 0. The van der Waals surface area contributed by atoms with E-state index in [0.717, 1.165) is 17.3 Å². The van der Waals surface area contributed by atoms with E-state index in [0.29, 0.717) is 16.9 Å². The van der Waals surface area contributed by atoms with Crippen molar-refractivity contribution in [2.45, 2.75) is 74.3 Å².